The van der Waals surface area contributed by atoms with E-state index >= 15 is 0 Å². The minimum absolute atomic E-state index is 0.0208. The van der Waals surface area contributed by atoms with E-state index in [0.29, 0.717) is 24.5 Å². The summed E-state index contributed by atoms with van der Waals surface area (Å²) in [6, 6.07) is 3.55. The molecule has 2 unspecified atom stereocenters. The lowest BCUT2D eigenvalue weighted by atomic mass is 9.90. The molecule has 19 heavy (non-hydrogen) atoms. The van der Waals surface area contributed by atoms with E-state index < -0.39 is 0 Å². The minimum Gasteiger partial charge on any atom is -0.399 e. The Bertz CT molecular complexity index is 476. The second-order valence-electron chi connectivity index (χ2n) is 5.23. The summed E-state index contributed by atoms with van der Waals surface area (Å²) in [6.07, 6.45) is 6.23. The van der Waals surface area contributed by atoms with Crippen LogP contribution in [0.3, 0.4) is 0 Å². The van der Waals surface area contributed by atoms with Gasteiger partial charge in [-0.05, 0) is 25.0 Å². The van der Waals surface area contributed by atoms with Crippen LogP contribution in [0.4, 0.5) is 5.69 Å². The number of rotatable bonds is 1. The zero-order chi connectivity index (χ0) is 13.2. The number of morpholine rings is 1. The predicted molar refractivity (Wildman–Crippen MR) is 71.7 cm³/mol. The Labute approximate surface area is 112 Å². The monoisotopic (exact) mass is 261 g/mol. The Morgan fingerprint density at radius 2 is 2.26 bits per heavy atom. The molecule has 2 fully saturated rings. The van der Waals surface area contributed by atoms with Crippen molar-refractivity contribution in [2.75, 3.05) is 18.9 Å². The van der Waals surface area contributed by atoms with E-state index in [0.717, 1.165) is 12.8 Å². The molecule has 1 saturated carbocycles. The van der Waals surface area contributed by atoms with Crippen LogP contribution in [0.5, 0.6) is 0 Å². The fourth-order valence-corrected chi connectivity index (χ4v) is 3.06. The van der Waals surface area contributed by atoms with Crippen molar-refractivity contribution in [1.82, 2.24) is 9.88 Å². The Hall–Kier alpha value is -1.62. The van der Waals surface area contributed by atoms with E-state index in [1.165, 1.54) is 12.8 Å². The average molecular weight is 261 g/mol. The van der Waals surface area contributed by atoms with Crippen LogP contribution < -0.4 is 5.73 Å². The van der Waals surface area contributed by atoms with Gasteiger partial charge in [0.25, 0.3) is 5.91 Å². The third-order valence-electron chi connectivity index (χ3n) is 4.00. The van der Waals surface area contributed by atoms with Crippen molar-refractivity contribution >= 4 is 11.6 Å². The first kappa shape index (κ1) is 12.4. The SMILES string of the molecule is Nc1ccnc(C(=O)N2CCOC3CCCCC32)c1. The maximum absolute atomic E-state index is 12.6. The first-order valence-corrected chi connectivity index (χ1v) is 6.90. The van der Waals surface area contributed by atoms with Crippen molar-refractivity contribution in [3.63, 3.8) is 0 Å². The van der Waals surface area contributed by atoms with Gasteiger partial charge in [-0.25, -0.2) is 0 Å². The number of hydrogen-bond donors (Lipinski definition) is 1. The number of carbonyl (C=O) groups is 1. The molecule has 1 aliphatic carbocycles. The van der Waals surface area contributed by atoms with Crippen LogP contribution in [0.1, 0.15) is 36.2 Å². The highest BCUT2D eigenvalue weighted by Gasteiger charge is 2.37. The fraction of sp³-hybridized carbons (Fsp3) is 0.571. The highest BCUT2D eigenvalue weighted by Crippen LogP contribution is 2.29. The fourth-order valence-electron chi connectivity index (χ4n) is 3.06. The number of amides is 1. The van der Waals surface area contributed by atoms with Gasteiger partial charge in [0.2, 0.25) is 0 Å². The normalized spacial score (nSPS) is 26.8. The zero-order valence-electron chi connectivity index (χ0n) is 10.9. The molecular formula is C14H19N3O2. The molecule has 2 atom stereocenters. The summed E-state index contributed by atoms with van der Waals surface area (Å²) in [4.78, 5) is 18.6. The van der Waals surface area contributed by atoms with Crippen molar-refractivity contribution in [2.45, 2.75) is 37.8 Å². The maximum Gasteiger partial charge on any atom is 0.272 e. The highest BCUT2D eigenvalue weighted by molar-refractivity contribution is 5.93. The molecule has 2 heterocycles. The van der Waals surface area contributed by atoms with Crippen LogP contribution in [-0.4, -0.2) is 41.1 Å². The van der Waals surface area contributed by atoms with Gasteiger partial charge in [-0.1, -0.05) is 12.8 Å². The average Bonchev–Trinajstić information content (AvgIpc) is 2.46. The maximum atomic E-state index is 12.6. The third-order valence-corrected chi connectivity index (χ3v) is 4.00. The van der Waals surface area contributed by atoms with Crippen LogP contribution in [0.15, 0.2) is 18.3 Å². The number of nitrogens with two attached hydrogens (primary N) is 1. The summed E-state index contributed by atoms with van der Waals surface area (Å²) in [5, 5.41) is 0. The summed E-state index contributed by atoms with van der Waals surface area (Å²) < 4.78 is 5.78. The lowest BCUT2D eigenvalue weighted by Crippen LogP contribution is -2.54. The van der Waals surface area contributed by atoms with Gasteiger partial charge in [-0.3, -0.25) is 9.78 Å². The Morgan fingerprint density at radius 3 is 3.11 bits per heavy atom. The summed E-state index contributed by atoms with van der Waals surface area (Å²) in [5.74, 6) is -0.0208. The van der Waals surface area contributed by atoms with Gasteiger partial charge in [0.1, 0.15) is 5.69 Å². The van der Waals surface area contributed by atoms with Gasteiger partial charge in [-0.15, -0.1) is 0 Å². The van der Waals surface area contributed by atoms with Crippen molar-refractivity contribution < 1.29 is 9.53 Å². The molecule has 3 rings (SSSR count). The molecule has 2 aliphatic rings. The number of ether oxygens (including phenoxy) is 1. The predicted octanol–water partition coefficient (Wildman–Crippen LogP) is 1.45. The lowest BCUT2D eigenvalue weighted by molar-refractivity contribution is -0.0754. The van der Waals surface area contributed by atoms with Crippen molar-refractivity contribution in [3.05, 3.63) is 24.0 Å². The topological polar surface area (TPSA) is 68.5 Å². The standard InChI is InChI=1S/C14H19N3O2/c15-10-5-6-16-11(9-10)14(18)17-7-8-19-13-4-2-1-3-12(13)17/h5-6,9,12-13H,1-4,7-8H2,(H2,15,16). The number of nitrogen functional groups attached to an aromatic ring is 1. The molecule has 0 aromatic carbocycles. The number of pyridine rings is 1. The molecule has 1 aromatic rings. The van der Waals surface area contributed by atoms with E-state index in [2.05, 4.69) is 4.98 Å². The van der Waals surface area contributed by atoms with Gasteiger partial charge in [-0.2, -0.15) is 0 Å². The Balaban J connectivity index is 1.82. The lowest BCUT2D eigenvalue weighted by Gasteiger charge is -2.43. The molecule has 1 amide bonds. The molecule has 5 heteroatoms. The van der Waals surface area contributed by atoms with Gasteiger partial charge in [0.15, 0.2) is 0 Å². The second kappa shape index (κ2) is 5.17. The quantitative estimate of drug-likeness (QED) is 0.830. The van der Waals surface area contributed by atoms with Crippen LogP contribution in [0.25, 0.3) is 0 Å². The molecule has 102 valence electrons. The van der Waals surface area contributed by atoms with Crippen LogP contribution >= 0.6 is 0 Å². The minimum atomic E-state index is -0.0208. The molecule has 1 saturated heterocycles. The molecular weight excluding hydrogens is 242 g/mol. The first-order valence-electron chi connectivity index (χ1n) is 6.90. The van der Waals surface area contributed by atoms with E-state index in [-0.39, 0.29) is 18.1 Å². The zero-order valence-corrected chi connectivity index (χ0v) is 10.9. The molecule has 0 bridgehead atoms. The number of fused-ring (bicyclic) bond motifs is 1. The summed E-state index contributed by atoms with van der Waals surface area (Å²) in [5.41, 5.74) is 6.73. The molecule has 0 spiro atoms. The number of carbonyl (C=O) groups excluding carboxylic acids is 1. The van der Waals surface area contributed by atoms with Crippen molar-refractivity contribution in [3.8, 4) is 0 Å². The highest BCUT2D eigenvalue weighted by atomic mass is 16.5. The van der Waals surface area contributed by atoms with Crippen LogP contribution in [-0.2, 0) is 4.74 Å². The van der Waals surface area contributed by atoms with Crippen LogP contribution in [0, 0.1) is 0 Å². The second-order valence-corrected chi connectivity index (χ2v) is 5.23. The van der Waals surface area contributed by atoms with E-state index in [9.17, 15) is 4.79 Å². The number of aromatic nitrogens is 1. The molecule has 5 nitrogen and oxygen atoms in total. The molecule has 0 radical (unpaired) electrons. The van der Waals surface area contributed by atoms with Gasteiger partial charge < -0.3 is 15.4 Å². The van der Waals surface area contributed by atoms with Gasteiger partial charge in [0.05, 0.1) is 18.8 Å². The number of nitrogens with zero attached hydrogens (tertiary/aromatic N) is 2. The third kappa shape index (κ3) is 2.42. The van der Waals surface area contributed by atoms with Crippen molar-refractivity contribution in [1.29, 1.82) is 0 Å². The molecule has 1 aromatic heterocycles. The molecule has 1 aliphatic heterocycles. The van der Waals surface area contributed by atoms with E-state index in [1.807, 2.05) is 4.90 Å². The Morgan fingerprint density at radius 1 is 1.42 bits per heavy atom. The first-order chi connectivity index (χ1) is 9.25. The largest absolute Gasteiger partial charge is 0.399 e. The summed E-state index contributed by atoms with van der Waals surface area (Å²) >= 11 is 0. The number of anilines is 1. The Kier molecular flexibility index (Phi) is 3.38. The van der Waals surface area contributed by atoms with Crippen LogP contribution in [0.2, 0.25) is 0 Å². The van der Waals surface area contributed by atoms with Crippen molar-refractivity contribution in [2.24, 2.45) is 0 Å². The molecule has 2 N–H and O–H groups in total. The van der Waals surface area contributed by atoms with E-state index in [1.54, 1.807) is 18.3 Å². The number of hydrogen-bond acceptors (Lipinski definition) is 4. The van der Waals surface area contributed by atoms with Gasteiger partial charge in [0, 0.05) is 18.4 Å². The summed E-state index contributed by atoms with van der Waals surface area (Å²) in [6.45, 7) is 1.27. The smallest absolute Gasteiger partial charge is 0.272 e. The summed E-state index contributed by atoms with van der Waals surface area (Å²) in [7, 11) is 0. The van der Waals surface area contributed by atoms with E-state index in [4.69, 9.17) is 10.5 Å². The van der Waals surface area contributed by atoms with Gasteiger partial charge >= 0.3 is 0 Å².